The van der Waals surface area contributed by atoms with Gasteiger partial charge in [0.15, 0.2) is 0 Å². The van der Waals surface area contributed by atoms with Crippen LogP contribution in [0.1, 0.15) is 30.6 Å². The lowest BCUT2D eigenvalue weighted by Crippen LogP contribution is -2.27. The molecule has 1 N–H and O–H groups in total. The van der Waals surface area contributed by atoms with Crippen molar-refractivity contribution in [2.24, 2.45) is 0 Å². The van der Waals surface area contributed by atoms with Gasteiger partial charge in [0.1, 0.15) is 0 Å². The normalized spacial score (nSPS) is 10.7. The largest absolute Gasteiger partial charge is 0.463 e. The molecule has 1 heterocycles. The third-order valence-corrected chi connectivity index (χ3v) is 3.27. The van der Waals surface area contributed by atoms with Gasteiger partial charge < -0.3 is 10.1 Å². The number of hydrogen-bond acceptors (Lipinski definition) is 4. The summed E-state index contributed by atoms with van der Waals surface area (Å²) in [7, 11) is 0. The van der Waals surface area contributed by atoms with Gasteiger partial charge >= 0.3 is 5.97 Å². The molecule has 1 aromatic carbocycles. The van der Waals surface area contributed by atoms with E-state index in [-0.39, 0.29) is 30.9 Å². The predicted octanol–water partition coefficient (Wildman–Crippen LogP) is 2.96. The molecule has 0 atom stereocenters. The molecule has 0 bridgehead atoms. The van der Waals surface area contributed by atoms with Gasteiger partial charge in [0.05, 0.1) is 28.6 Å². The van der Waals surface area contributed by atoms with E-state index in [4.69, 9.17) is 16.3 Å². The van der Waals surface area contributed by atoms with Gasteiger partial charge in [-0.15, -0.1) is 0 Å². The fourth-order valence-corrected chi connectivity index (χ4v) is 2.23. The lowest BCUT2D eigenvalue weighted by molar-refractivity contribution is -0.147. The van der Waals surface area contributed by atoms with Crippen molar-refractivity contribution in [3.05, 3.63) is 41.0 Å². The number of pyridine rings is 1. The molecule has 22 heavy (non-hydrogen) atoms. The average molecular weight is 321 g/mol. The van der Waals surface area contributed by atoms with Gasteiger partial charge in [0.25, 0.3) is 5.91 Å². The second-order valence-corrected chi connectivity index (χ2v) is 5.45. The molecule has 0 spiro atoms. The minimum Gasteiger partial charge on any atom is -0.463 e. The SMILES string of the molecule is CC(C)OC(=O)CCNC(=O)c1ccc(Cl)c2cccnc12. The number of esters is 1. The Morgan fingerprint density at radius 1 is 1.32 bits per heavy atom. The van der Waals surface area contributed by atoms with Crippen LogP contribution in [0, 0.1) is 0 Å². The minimum atomic E-state index is -0.339. The van der Waals surface area contributed by atoms with Gasteiger partial charge in [-0.2, -0.15) is 0 Å². The lowest BCUT2D eigenvalue weighted by Gasteiger charge is -2.10. The first-order valence-electron chi connectivity index (χ1n) is 7.00. The highest BCUT2D eigenvalue weighted by atomic mass is 35.5. The molecule has 0 aliphatic heterocycles. The Morgan fingerprint density at radius 3 is 2.82 bits per heavy atom. The second kappa shape index (κ2) is 7.22. The fraction of sp³-hybridized carbons (Fsp3) is 0.312. The van der Waals surface area contributed by atoms with Crippen LogP contribution in [0.3, 0.4) is 0 Å². The first kappa shape index (κ1) is 16.2. The van der Waals surface area contributed by atoms with Crippen molar-refractivity contribution >= 4 is 34.4 Å². The van der Waals surface area contributed by atoms with Crippen LogP contribution in [-0.4, -0.2) is 29.5 Å². The number of halogens is 1. The molecule has 0 radical (unpaired) electrons. The van der Waals surface area contributed by atoms with Gasteiger partial charge in [-0.1, -0.05) is 11.6 Å². The number of rotatable bonds is 5. The minimum absolute atomic E-state index is 0.128. The standard InChI is InChI=1S/C16H17ClN2O3/c1-10(2)22-14(20)7-9-19-16(21)12-5-6-13(17)11-4-3-8-18-15(11)12/h3-6,8,10H,7,9H2,1-2H3,(H,19,21). The van der Waals surface area contributed by atoms with Crippen LogP contribution in [0.15, 0.2) is 30.5 Å². The van der Waals surface area contributed by atoms with Crippen molar-refractivity contribution in [3.8, 4) is 0 Å². The van der Waals surface area contributed by atoms with E-state index in [1.165, 1.54) is 0 Å². The number of nitrogens with zero attached hydrogens (tertiary/aromatic N) is 1. The number of fused-ring (bicyclic) bond motifs is 1. The molecular formula is C16H17ClN2O3. The van der Waals surface area contributed by atoms with E-state index in [0.717, 1.165) is 5.39 Å². The highest BCUT2D eigenvalue weighted by molar-refractivity contribution is 6.36. The van der Waals surface area contributed by atoms with E-state index in [2.05, 4.69) is 10.3 Å². The van der Waals surface area contributed by atoms with Crippen LogP contribution in [0.4, 0.5) is 0 Å². The van der Waals surface area contributed by atoms with Crippen LogP contribution < -0.4 is 5.32 Å². The third-order valence-electron chi connectivity index (χ3n) is 2.94. The number of amides is 1. The molecule has 1 aromatic heterocycles. The molecular weight excluding hydrogens is 304 g/mol. The molecule has 116 valence electrons. The Labute approximate surface area is 133 Å². The number of benzene rings is 1. The van der Waals surface area contributed by atoms with Crippen molar-refractivity contribution in [2.45, 2.75) is 26.4 Å². The summed E-state index contributed by atoms with van der Waals surface area (Å²) in [5.41, 5.74) is 0.967. The first-order valence-corrected chi connectivity index (χ1v) is 7.37. The number of aromatic nitrogens is 1. The maximum Gasteiger partial charge on any atom is 0.307 e. The maximum atomic E-state index is 12.2. The monoisotopic (exact) mass is 320 g/mol. The molecule has 0 aliphatic rings. The molecule has 2 aromatic rings. The average Bonchev–Trinajstić information content (AvgIpc) is 2.47. The van der Waals surface area contributed by atoms with E-state index in [9.17, 15) is 9.59 Å². The van der Waals surface area contributed by atoms with E-state index in [1.807, 2.05) is 0 Å². The van der Waals surface area contributed by atoms with Crippen molar-refractivity contribution < 1.29 is 14.3 Å². The van der Waals surface area contributed by atoms with Gasteiger partial charge in [0, 0.05) is 18.1 Å². The summed E-state index contributed by atoms with van der Waals surface area (Å²) in [6, 6.07) is 6.85. The quantitative estimate of drug-likeness (QED) is 0.860. The summed E-state index contributed by atoms with van der Waals surface area (Å²) in [4.78, 5) is 27.9. The zero-order valence-electron chi connectivity index (χ0n) is 12.4. The van der Waals surface area contributed by atoms with Gasteiger partial charge in [0.2, 0.25) is 0 Å². The summed E-state index contributed by atoms with van der Waals surface area (Å²) in [5.74, 6) is -0.632. The van der Waals surface area contributed by atoms with E-state index in [1.54, 1.807) is 44.3 Å². The molecule has 0 saturated carbocycles. The summed E-state index contributed by atoms with van der Waals surface area (Å²) < 4.78 is 5.00. The van der Waals surface area contributed by atoms with Crippen LogP contribution in [-0.2, 0) is 9.53 Å². The first-order chi connectivity index (χ1) is 10.5. The molecule has 5 nitrogen and oxygen atoms in total. The van der Waals surface area contributed by atoms with Crippen molar-refractivity contribution in [3.63, 3.8) is 0 Å². The zero-order chi connectivity index (χ0) is 16.1. The van der Waals surface area contributed by atoms with Crippen LogP contribution in [0.2, 0.25) is 5.02 Å². The molecule has 0 aliphatic carbocycles. The second-order valence-electron chi connectivity index (χ2n) is 5.04. The highest BCUT2D eigenvalue weighted by Gasteiger charge is 2.13. The molecule has 0 unspecified atom stereocenters. The maximum absolute atomic E-state index is 12.2. The van der Waals surface area contributed by atoms with E-state index in [0.29, 0.717) is 16.1 Å². The molecule has 6 heteroatoms. The predicted molar refractivity (Wildman–Crippen MR) is 84.9 cm³/mol. The molecule has 2 rings (SSSR count). The molecule has 0 fully saturated rings. The summed E-state index contributed by atoms with van der Waals surface area (Å²) in [6.45, 7) is 3.77. The van der Waals surface area contributed by atoms with Crippen LogP contribution >= 0.6 is 11.6 Å². The van der Waals surface area contributed by atoms with Gasteiger partial charge in [-0.3, -0.25) is 14.6 Å². The Balaban J connectivity index is 2.05. The van der Waals surface area contributed by atoms with Crippen LogP contribution in [0.25, 0.3) is 10.9 Å². The number of hydrogen-bond donors (Lipinski definition) is 1. The number of ether oxygens (including phenoxy) is 1. The highest BCUT2D eigenvalue weighted by Crippen LogP contribution is 2.24. The summed E-state index contributed by atoms with van der Waals surface area (Å²) in [5, 5.41) is 3.95. The molecule has 1 amide bonds. The Morgan fingerprint density at radius 2 is 2.09 bits per heavy atom. The Hall–Kier alpha value is -2.14. The van der Waals surface area contributed by atoms with Crippen molar-refractivity contribution in [1.29, 1.82) is 0 Å². The molecule has 0 saturated heterocycles. The summed E-state index contributed by atoms with van der Waals surface area (Å²) >= 11 is 6.10. The van der Waals surface area contributed by atoms with Crippen molar-refractivity contribution in [2.75, 3.05) is 6.54 Å². The van der Waals surface area contributed by atoms with E-state index < -0.39 is 0 Å². The number of carbonyl (C=O) groups is 2. The lowest BCUT2D eigenvalue weighted by atomic mass is 10.1. The summed E-state index contributed by atoms with van der Waals surface area (Å²) in [6.07, 6.45) is 1.57. The van der Waals surface area contributed by atoms with E-state index >= 15 is 0 Å². The van der Waals surface area contributed by atoms with Crippen molar-refractivity contribution in [1.82, 2.24) is 10.3 Å². The van der Waals surface area contributed by atoms with Crippen LogP contribution in [0.5, 0.6) is 0 Å². The zero-order valence-corrected chi connectivity index (χ0v) is 13.2. The number of carbonyl (C=O) groups excluding carboxylic acids is 2. The van der Waals surface area contributed by atoms with Gasteiger partial charge in [-0.25, -0.2) is 0 Å². The Kier molecular flexibility index (Phi) is 5.33. The fourth-order valence-electron chi connectivity index (χ4n) is 2.02. The third kappa shape index (κ3) is 3.95. The number of nitrogens with one attached hydrogen (secondary N) is 1. The smallest absolute Gasteiger partial charge is 0.307 e. The van der Waals surface area contributed by atoms with Gasteiger partial charge in [-0.05, 0) is 38.1 Å². The Bertz CT molecular complexity index is 701. The topological polar surface area (TPSA) is 68.3 Å².